The zero-order chi connectivity index (χ0) is 23.2. The van der Waals surface area contributed by atoms with Gasteiger partial charge in [-0.2, -0.15) is 0 Å². The van der Waals surface area contributed by atoms with Crippen molar-refractivity contribution in [2.24, 2.45) is 0 Å². The first-order valence-corrected chi connectivity index (χ1v) is 11.3. The highest BCUT2D eigenvalue weighted by Gasteiger charge is 2.23. The van der Waals surface area contributed by atoms with E-state index in [1.165, 1.54) is 0 Å². The summed E-state index contributed by atoms with van der Waals surface area (Å²) in [5.41, 5.74) is 3.54. The van der Waals surface area contributed by atoms with Crippen LogP contribution in [0.4, 0.5) is 0 Å². The number of nitrogens with one attached hydrogen (secondary N) is 1. The average Bonchev–Trinajstić information content (AvgIpc) is 3.20. The molecule has 1 saturated carbocycles. The van der Waals surface area contributed by atoms with Crippen LogP contribution in [0.2, 0.25) is 0 Å². The molecule has 174 valence electrons. The van der Waals surface area contributed by atoms with Crippen LogP contribution in [0.15, 0.2) is 35.0 Å². The Labute approximate surface area is 192 Å². The van der Waals surface area contributed by atoms with Gasteiger partial charge in [0.1, 0.15) is 18.1 Å². The summed E-state index contributed by atoms with van der Waals surface area (Å²) >= 11 is 0. The third kappa shape index (κ3) is 5.73. The van der Waals surface area contributed by atoms with E-state index in [0.717, 1.165) is 49.1 Å². The second-order valence-corrected chi connectivity index (χ2v) is 8.20. The number of hydrogen-bond acceptors (Lipinski definition) is 8. The molecule has 9 heteroatoms. The molecule has 3 aromatic heterocycles. The highest BCUT2D eigenvalue weighted by molar-refractivity contribution is 5.92. The predicted octanol–water partition coefficient (Wildman–Crippen LogP) is 3.80. The first-order chi connectivity index (χ1) is 16.0. The average molecular weight is 452 g/mol. The van der Waals surface area contributed by atoms with Gasteiger partial charge in [-0.15, -0.1) is 10.2 Å². The monoisotopic (exact) mass is 451 g/mol. The quantitative estimate of drug-likeness (QED) is 0.550. The molecule has 0 unspecified atom stereocenters. The zero-order valence-electron chi connectivity index (χ0n) is 19.2. The van der Waals surface area contributed by atoms with Crippen molar-refractivity contribution in [3.05, 3.63) is 53.2 Å². The van der Waals surface area contributed by atoms with Gasteiger partial charge in [0.05, 0.1) is 11.7 Å². The first kappa shape index (κ1) is 22.8. The number of amides is 1. The lowest BCUT2D eigenvalue weighted by Crippen LogP contribution is -2.39. The smallest absolute Gasteiger partial charge is 0.272 e. The lowest BCUT2D eigenvalue weighted by atomic mass is 9.93. The number of hydrogen-bond donors (Lipinski definition) is 1. The lowest BCUT2D eigenvalue weighted by Gasteiger charge is -2.28. The molecule has 0 atom stereocenters. The zero-order valence-corrected chi connectivity index (χ0v) is 19.2. The first-order valence-electron chi connectivity index (χ1n) is 11.3. The van der Waals surface area contributed by atoms with Gasteiger partial charge in [-0.1, -0.05) is 5.16 Å². The predicted molar refractivity (Wildman–Crippen MR) is 121 cm³/mol. The van der Waals surface area contributed by atoms with E-state index >= 15 is 0 Å². The Morgan fingerprint density at radius 3 is 2.61 bits per heavy atom. The van der Waals surface area contributed by atoms with Crippen molar-refractivity contribution in [1.29, 1.82) is 0 Å². The molecule has 0 spiro atoms. The summed E-state index contributed by atoms with van der Waals surface area (Å²) in [4.78, 5) is 16.8. The Bertz CT molecular complexity index is 1060. The normalized spacial score (nSPS) is 18.2. The van der Waals surface area contributed by atoms with Crippen LogP contribution in [0.1, 0.15) is 60.1 Å². The van der Waals surface area contributed by atoms with Crippen LogP contribution < -0.4 is 10.1 Å². The summed E-state index contributed by atoms with van der Waals surface area (Å²) in [5.74, 6) is 0.754. The molecule has 1 fully saturated rings. The number of pyridine rings is 1. The standard InChI is InChI=1S/C24H29N5O4/c1-4-31-19-9-7-18(8-10-19)26-24(30)21-11-12-22(28-27-21)32-14-20-16(3)33-29-23(20)17-6-5-15(2)25-13-17/h5-6,11-13,18-19H,4,7-10,14H2,1-3H3,(H,26,30)/t18-,19-. The summed E-state index contributed by atoms with van der Waals surface area (Å²) in [6.45, 7) is 6.71. The van der Waals surface area contributed by atoms with Crippen molar-refractivity contribution in [3.8, 4) is 17.1 Å². The number of aryl methyl sites for hydroxylation is 2. The molecule has 1 aliphatic carbocycles. The fourth-order valence-corrected chi connectivity index (χ4v) is 3.93. The molecular weight excluding hydrogens is 422 g/mol. The van der Waals surface area contributed by atoms with E-state index < -0.39 is 0 Å². The largest absolute Gasteiger partial charge is 0.472 e. The van der Waals surface area contributed by atoms with E-state index in [9.17, 15) is 4.79 Å². The van der Waals surface area contributed by atoms with Crippen molar-refractivity contribution >= 4 is 5.91 Å². The van der Waals surface area contributed by atoms with Gasteiger partial charge in [0.15, 0.2) is 5.69 Å². The lowest BCUT2D eigenvalue weighted by molar-refractivity contribution is 0.0299. The number of rotatable bonds is 8. The second-order valence-electron chi connectivity index (χ2n) is 8.20. The van der Waals surface area contributed by atoms with Gasteiger partial charge >= 0.3 is 0 Å². The van der Waals surface area contributed by atoms with Crippen LogP contribution in [0.25, 0.3) is 11.3 Å². The molecule has 9 nitrogen and oxygen atoms in total. The van der Waals surface area contributed by atoms with Crippen molar-refractivity contribution in [2.45, 2.75) is 65.2 Å². The number of ether oxygens (including phenoxy) is 2. The number of carbonyl (C=O) groups excluding carboxylic acids is 1. The maximum atomic E-state index is 12.5. The minimum absolute atomic E-state index is 0.137. The van der Waals surface area contributed by atoms with Gasteiger partial charge in [-0.3, -0.25) is 9.78 Å². The van der Waals surface area contributed by atoms with Gasteiger partial charge in [0.2, 0.25) is 5.88 Å². The van der Waals surface area contributed by atoms with E-state index in [4.69, 9.17) is 14.0 Å². The molecule has 1 aliphatic rings. The van der Waals surface area contributed by atoms with Gasteiger partial charge in [0.25, 0.3) is 5.91 Å². The Kier molecular flexibility index (Phi) is 7.29. The van der Waals surface area contributed by atoms with Gasteiger partial charge in [-0.25, -0.2) is 0 Å². The van der Waals surface area contributed by atoms with E-state index in [-0.39, 0.29) is 24.2 Å². The van der Waals surface area contributed by atoms with Gasteiger partial charge in [-0.05, 0) is 64.7 Å². The molecule has 0 saturated heterocycles. The molecular formula is C24H29N5O4. The SMILES string of the molecule is CCO[C@H]1CC[C@H](NC(=O)c2ccc(OCc3c(-c4ccc(C)nc4)noc3C)nn2)CC1. The third-order valence-corrected chi connectivity index (χ3v) is 5.82. The van der Waals surface area contributed by atoms with E-state index in [1.807, 2.05) is 32.9 Å². The van der Waals surface area contributed by atoms with Crippen LogP contribution in [-0.2, 0) is 11.3 Å². The highest BCUT2D eigenvalue weighted by Crippen LogP contribution is 2.26. The summed E-state index contributed by atoms with van der Waals surface area (Å²) in [5, 5.41) is 15.3. The molecule has 0 aliphatic heterocycles. The van der Waals surface area contributed by atoms with Crippen LogP contribution in [-0.4, -0.2) is 45.0 Å². The Morgan fingerprint density at radius 1 is 1.12 bits per heavy atom. The molecule has 0 aromatic carbocycles. The topological polar surface area (TPSA) is 112 Å². The second kappa shape index (κ2) is 10.5. The Hall–Kier alpha value is -3.33. The summed E-state index contributed by atoms with van der Waals surface area (Å²) in [7, 11) is 0. The van der Waals surface area contributed by atoms with E-state index in [1.54, 1.807) is 18.3 Å². The van der Waals surface area contributed by atoms with Gasteiger partial charge < -0.3 is 19.3 Å². The summed E-state index contributed by atoms with van der Waals surface area (Å²) in [6, 6.07) is 7.26. The Balaban J connectivity index is 1.33. The Morgan fingerprint density at radius 2 is 1.94 bits per heavy atom. The highest BCUT2D eigenvalue weighted by atomic mass is 16.5. The maximum Gasteiger partial charge on any atom is 0.272 e. The van der Waals surface area contributed by atoms with Crippen LogP contribution in [0.3, 0.4) is 0 Å². The minimum atomic E-state index is -0.224. The third-order valence-electron chi connectivity index (χ3n) is 5.82. The van der Waals surface area contributed by atoms with Crippen LogP contribution in [0.5, 0.6) is 5.88 Å². The molecule has 3 heterocycles. The molecule has 0 radical (unpaired) electrons. The molecule has 33 heavy (non-hydrogen) atoms. The van der Waals surface area contributed by atoms with Crippen molar-refractivity contribution < 1.29 is 18.8 Å². The van der Waals surface area contributed by atoms with Crippen molar-refractivity contribution in [1.82, 2.24) is 25.7 Å². The maximum absolute atomic E-state index is 12.5. The molecule has 1 amide bonds. The van der Waals surface area contributed by atoms with Crippen molar-refractivity contribution in [2.75, 3.05) is 6.61 Å². The van der Waals surface area contributed by atoms with E-state index in [0.29, 0.717) is 23.4 Å². The molecule has 3 aromatic rings. The number of carbonyl (C=O) groups is 1. The summed E-state index contributed by atoms with van der Waals surface area (Å²) in [6.07, 6.45) is 5.79. The van der Waals surface area contributed by atoms with Crippen molar-refractivity contribution in [3.63, 3.8) is 0 Å². The fourth-order valence-electron chi connectivity index (χ4n) is 3.93. The van der Waals surface area contributed by atoms with Crippen LogP contribution >= 0.6 is 0 Å². The molecule has 0 bridgehead atoms. The summed E-state index contributed by atoms with van der Waals surface area (Å²) < 4.78 is 16.8. The minimum Gasteiger partial charge on any atom is -0.472 e. The fraction of sp³-hybridized carbons (Fsp3) is 0.458. The molecule has 4 rings (SSSR count). The van der Waals surface area contributed by atoms with E-state index in [2.05, 4.69) is 25.7 Å². The van der Waals surface area contributed by atoms with Crippen LogP contribution in [0, 0.1) is 13.8 Å². The number of aromatic nitrogens is 4. The molecule has 1 N–H and O–H groups in total. The van der Waals surface area contributed by atoms with Gasteiger partial charge in [0, 0.05) is 36.2 Å². The number of nitrogens with zero attached hydrogens (tertiary/aromatic N) is 4.